The number of thiazole rings is 1. The molecule has 3 atom stereocenters. The summed E-state index contributed by atoms with van der Waals surface area (Å²) < 4.78 is 60.1. The van der Waals surface area contributed by atoms with E-state index in [4.69, 9.17) is 14.8 Å². The fourth-order valence-electron chi connectivity index (χ4n) is 2.86. The number of esters is 1. The number of hydrogen-bond donors (Lipinski definition) is 3. The average molecular weight is 524 g/mol. The van der Waals surface area contributed by atoms with Crippen LogP contribution in [0.5, 0.6) is 0 Å². The Bertz CT molecular complexity index is 1010. The van der Waals surface area contributed by atoms with Gasteiger partial charge in [0, 0.05) is 5.38 Å². The Hall–Kier alpha value is -1.10. The Morgan fingerprint density at radius 3 is 2.34 bits per heavy atom. The minimum absolute atomic E-state index is 0. The number of carbonyl (C=O) groups is 3. The molecule has 176 valence electrons. The van der Waals surface area contributed by atoms with Crippen LogP contribution in [0.1, 0.15) is 25.2 Å². The zero-order valence-corrected chi connectivity index (χ0v) is 19.1. The molecule has 0 radical (unpaired) electrons. The number of carbonyl (C=O) groups excluding carboxylic acids is 3. The van der Waals surface area contributed by atoms with Crippen LogP contribution < -0.4 is 11.1 Å². The second kappa shape index (κ2) is 11.4. The van der Waals surface area contributed by atoms with Crippen LogP contribution in [0.2, 0.25) is 0 Å². The summed E-state index contributed by atoms with van der Waals surface area (Å²) in [5, 5.41) is 3.54. The molecule has 2 amide bonds. The standard InChI is InChI=1S/C14H21N4O10PS2.Na.H/c1-4-27-29(22,28-5-2)10(7-6-30-14(15)16-7)11(19)17-8-9(13(21)26-3)18(12(8)20)31(23,24)25;;/h6,8-10H,4-5H2,1-3H3,(H2,15,16)(H,17,19)(H,23,24,25);;. The summed E-state index contributed by atoms with van der Waals surface area (Å²) in [4.78, 5) is 41.2. The molecule has 2 heterocycles. The summed E-state index contributed by atoms with van der Waals surface area (Å²) in [6.45, 7) is 2.85. The maximum atomic E-state index is 13.3. The van der Waals surface area contributed by atoms with Crippen LogP contribution in [0.3, 0.4) is 0 Å². The molecule has 0 aliphatic carbocycles. The molecule has 0 spiro atoms. The number of amides is 2. The number of hydrogen-bond acceptors (Lipinski definition) is 12. The number of rotatable bonds is 10. The number of aromatic nitrogens is 1. The van der Waals surface area contributed by atoms with Gasteiger partial charge in [-0.3, -0.25) is 18.7 Å². The normalized spacial score (nSPS) is 19.5. The monoisotopic (exact) mass is 524 g/mol. The van der Waals surface area contributed by atoms with E-state index in [0.29, 0.717) is 0 Å². The van der Waals surface area contributed by atoms with Crippen molar-refractivity contribution in [1.82, 2.24) is 14.6 Å². The van der Waals surface area contributed by atoms with Crippen molar-refractivity contribution < 1.29 is 45.7 Å². The van der Waals surface area contributed by atoms with E-state index >= 15 is 0 Å². The number of β-lactam (4-membered cyclic amide) rings is 1. The number of nitrogens with two attached hydrogens (primary N) is 1. The molecule has 0 bridgehead atoms. The molecule has 2 rings (SSSR count). The van der Waals surface area contributed by atoms with Crippen LogP contribution in [-0.2, 0) is 43.0 Å². The van der Waals surface area contributed by atoms with Crippen molar-refractivity contribution in [2.45, 2.75) is 31.6 Å². The summed E-state index contributed by atoms with van der Waals surface area (Å²) in [5.74, 6) is -3.61. The van der Waals surface area contributed by atoms with E-state index in [1.54, 1.807) is 0 Å². The Balaban J connectivity index is 0.00000512. The van der Waals surface area contributed by atoms with Crippen LogP contribution in [0, 0.1) is 0 Å². The van der Waals surface area contributed by atoms with Crippen molar-refractivity contribution in [3.8, 4) is 0 Å². The molecule has 1 aliphatic rings. The maximum absolute atomic E-state index is 13.3. The van der Waals surface area contributed by atoms with Crippen molar-refractivity contribution in [1.29, 1.82) is 0 Å². The van der Waals surface area contributed by atoms with Crippen molar-refractivity contribution >= 4 is 81.7 Å². The van der Waals surface area contributed by atoms with E-state index in [0.717, 1.165) is 18.4 Å². The van der Waals surface area contributed by atoms with Crippen LogP contribution in [0.4, 0.5) is 5.13 Å². The van der Waals surface area contributed by atoms with E-state index in [-0.39, 0.29) is 57.9 Å². The Labute approximate surface area is 209 Å². The summed E-state index contributed by atoms with van der Waals surface area (Å²) in [5.41, 5.74) is 3.86. The quantitative estimate of drug-likeness (QED) is 0.111. The predicted molar refractivity (Wildman–Crippen MR) is 113 cm³/mol. The minimum atomic E-state index is -5.10. The van der Waals surface area contributed by atoms with E-state index in [2.05, 4.69) is 15.0 Å². The molecule has 4 N–H and O–H groups in total. The van der Waals surface area contributed by atoms with Gasteiger partial charge >= 0.3 is 53.4 Å². The Morgan fingerprint density at radius 2 is 1.94 bits per heavy atom. The molecule has 32 heavy (non-hydrogen) atoms. The number of ether oxygens (including phenoxy) is 1. The fraction of sp³-hybridized carbons (Fsp3) is 0.571. The molecule has 14 nitrogen and oxygen atoms in total. The van der Waals surface area contributed by atoms with Gasteiger partial charge in [0.15, 0.2) is 16.8 Å². The van der Waals surface area contributed by atoms with Crippen molar-refractivity contribution in [3.05, 3.63) is 11.1 Å². The molecular formula is C14H22N4NaO10PS2. The van der Waals surface area contributed by atoms with Crippen LogP contribution in [-0.4, -0.2) is 102 Å². The first kappa shape index (κ1) is 28.9. The topological polar surface area (TPSA) is 205 Å². The molecule has 3 unspecified atom stereocenters. The van der Waals surface area contributed by atoms with Gasteiger partial charge in [-0.05, 0) is 13.8 Å². The Morgan fingerprint density at radius 1 is 1.38 bits per heavy atom. The summed E-state index contributed by atoms with van der Waals surface area (Å²) >= 11 is 0.947. The molecule has 0 aromatic carbocycles. The zero-order chi connectivity index (χ0) is 23.6. The molecular weight excluding hydrogens is 502 g/mol. The van der Waals surface area contributed by atoms with Gasteiger partial charge in [0.1, 0.15) is 6.04 Å². The third kappa shape index (κ3) is 5.87. The average Bonchev–Trinajstić information content (AvgIpc) is 3.08. The molecule has 1 aromatic rings. The van der Waals surface area contributed by atoms with Gasteiger partial charge in [-0.15, -0.1) is 11.3 Å². The number of nitrogens with zero attached hydrogens (tertiary/aromatic N) is 2. The van der Waals surface area contributed by atoms with Gasteiger partial charge in [0.25, 0.3) is 5.91 Å². The van der Waals surface area contributed by atoms with Crippen LogP contribution >= 0.6 is 18.9 Å². The van der Waals surface area contributed by atoms with Gasteiger partial charge in [0.2, 0.25) is 5.91 Å². The number of anilines is 1. The molecule has 1 fully saturated rings. The summed E-state index contributed by atoms with van der Waals surface area (Å²) in [6.07, 6.45) is 0. The van der Waals surface area contributed by atoms with E-state index in [9.17, 15) is 31.9 Å². The van der Waals surface area contributed by atoms with Crippen molar-refractivity contribution in [3.63, 3.8) is 0 Å². The van der Waals surface area contributed by atoms with Gasteiger partial charge in [-0.2, -0.15) is 12.7 Å². The predicted octanol–water partition coefficient (Wildman–Crippen LogP) is -0.945. The van der Waals surface area contributed by atoms with Crippen LogP contribution in [0.15, 0.2) is 5.38 Å². The van der Waals surface area contributed by atoms with Gasteiger partial charge in [0.05, 0.1) is 26.0 Å². The second-order valence-corrected chi connectivity index (χ2v) is 10.2. The first-order chi connectivity index (χ1) is 14.4. The fourth-order valence-corrected chi connectivity index (χ4v) is 6.29. The number of methoxy groups -OCH3 is 1. The molecule has 1 saturated heterocycles. The zero-order valence-electron chi connectivity index (χ0n) is 16.6. The van der Waals surface area contributed by atoms with Crippen LogP contribution in [0.25, 0.3) is 0 Å². The van der Waals surface area contributed by atoms with E-state index < -0.39 is 53.4 Å². The number of nitrogen functional groups attached to an aromatic ring is 1. The first-order valence-corrected chi connectivity index (χ1v) is 12.6. The second-order valence-electron chi connectivity index (χ2n) is 5.95. The molecule has 1 aromatic heterocycles. The Kier molecular flexibility index (Phi) is 10.3. The van der Waals surface area contributed by atoms with Gasteiger partial charge in [-0.1, -0.05) is 0 Å². The van der Waals surface area contributed by atoms with Gasteiger partial charge in [-0.25, -0.2) is 9.78 Å². The third-order valence-corrected chi connectivity index (χ3v) is 8.01. The SMILES string of the molecule is CCOP(=O)(OCC)C(C(=O)NC1C(=O)N(S(=O)(=O)O)C1C(=O)OC)c1csc(N)n1.[NaH]. The summed E-state index contributed by atoms with van der Waals surface area (Å²) in [7, 11) is -8.37. The first-order valence-electron chi connectivity index (χ1n) is 8.69. The van der Waals surface area contributed by atoms with Gasteiger partial charge < -0.3 is 24.8 Å². The van der Waals surface area contributed by atoms with E-state index in [1.807, 2.05) is 0 Å². The molecule has 18 heteroatoms. The third-order valence-electron chi connectivity index (χ3n) is 4.04. The summed E-state index contributed by atoms with van der Waals surface area (Å²) in [6, 6.07) is -3.59. The molecule has 0 saturated carbocycles. The molecule has 1 aliphatic heterocycles. The number of nitrogens with one attached hydrogen (secondary N) is 1. The van der Waals surface area contributed by atoms with Crippen molar-refractivity contribution in [2.24, 2.45) is 0 Å². The van der Waals surface area contributed by atoms with E-state index in [1.165, 1.54) is 19.2 Å². The van der Waals surface area contributed by atoms with Crippen molar-refractivity contribution in [2.75, 3.05) is 26.1 Å².